The number of rotatable bonds is 8. The Kier molecular flexibility index (Phi) is 6.93. The van der Waals surface area contributed by atoms with Crippen LogP contribution in [-0.2, 0) is 0 Å². The van der Waals surface area contributed by atoms with Crippen LogP contribution in [0.3, 0.4) is 0 Å². The van der Waals surface area contributed by atoms with Gasteiger partial charge in [0.25, 0.3) is 0 Å². The zero-order valence-corrected chi connectivity index (χ0v) is 17.0. The Balaban J connectivity index is 2.01. The van der Waals surface area contributed by atoms with E-state index in [1.165, 1.54) is 0 Å². The van der Waals surface area contributed by atoms with E-state index in [2.05, 4.69) is 18.0 Å². The van der Waals surface area contributed by atoms with Gasteiger partial charge in [0.1, 0.15) is 5.82 Å². The van der Waals surface area contributed by atoms with Crippen LogP contribution in [0.5, 0.6) is 0 Å². The highest BCUT2D eigenvalue weighted by Crippen LogP contribution is 2.26. The van der Waals surface area contributed by atoms with Gasteiger partial charge in [0.15, 0.2) is 5.82 Å². The highest BCUT2D eigenvalue weighted by molar-refractivity contribution is 5.91. The fourth-order valence-electron chi connectivity index (χ4n) is 3.16. The van der Waals surface area contributed by atoms with Gasteiger partial charge in [0.2, 0.25) is 0 Å². The Morgan fingerprint density at radius 3 is 2.48 bits per heavy atom. The van der Waals surface area contributed by atoms with E-state index in [1.807, 2.05) is 74.5 Å². The maximum absolute atomic E-state index is 9.19. The molecule has 0 saturated heterocycles. The summed E-state index contributed by atoms with van der Waals surface area (Å²) in [6, 6.07) is 18.0. The first kappa shape index (κ1) is 20.5. The predicted octanol–water partition coefficient (Wildman–Crippen LogP) is 5.89. The minimum atomic E-state index is 0.172. The minimum Gasteiger partial charge on any atom is -0.396 e. The maximum Gasteiger partial charge on any atom is 0.162 e. The molecular formula is C25H27N3O. The molecule has 3 rings (SSSR count). The molecule has 29 heavy (non-hydrogen) atoms. The number of aliphatic hydroxyl groups is 1. The number of nitrogens with zero attached hydrogens (tertiary/aromatic N) is 2. The van der Waals surface area contributed by atoms with Gasteiger partial charge < -0.3 is 10.4 Å². The Hall–Kier alpha value is -3.24. The number of aliphatic hydroxyl groups excluding tert-OH is 1. The molecule has 3 aromatic rings. The largest absolute Gasteiger partial charge is 0.396 e. The quantitative estimate of drug-likeness (QED) is 0.475. The number of benzene rings is 2. The van der Waals surface area contributed by atoms with Crippen molar-refractivity contribution < 1.29 is 5.11 Å². The highest BCUT2D eigenvalue weighted by Gasteiger charge is 2.10. The summed E-state index contributed by atoms with van der Waals surface area (Å²) < 4.78 is 0. The molecule has 0 radical (unpaired) electrons. The summed E-state index contributed by atoms with van der Waals surface area (Å²) in [4.78, 5) is 9.54. The number of para-hydroxylation sites is 1. The van der Waals surface area contributed by atoms with Gasteiger partial charge in [-0.05, 0) is 56.0 Å². The first-order valence-electron chi connectivity index (χ1n) is 9.83. The van der Waals surface area contributed by atoms with E-state index in [0.29, 0.717) is 5.82 Å². The second-order valence-corrected chi connectivity index (χ2v) is 6.97. The van der Waals surface area contributed by atoms with Crippen molar-refractivity contribution in [2.45, 2.75) is 26.7 Å². The number of hydrogen-bond donors (Lipinski definition) is 2. The summed E-state index contributed by atoms with van der Waals surface area (Å²) in [6.45, 7) is 8.11. The Morgan fingerprint density at radius 2 is 1.76 bits per heavy atom. The van der Waals surface area contributed by atoms with E-state index in [9.17, 15) is 5.11 Å². The molecule has 1 aromatic heterocycles. The number of aromatic nitrogens is 2. The predicted molar refractivity (Wildman–Crippen MR) is 122 cm³/mol. The standard InChI is InChI=1S/C25H27N3O/c1-4-18(2)21(13-10-16-29)17-19(3)26-25-22-14-8-9-15-23(22)27-24(28-25)20-11-6-5-7-12-20/h4-9,11-12,14-15,17,29H,1,10,13,16H2,2-3H3,(H,26,27,28)/b19-17+,21-18-. The van der Waals surface area contributed by atoms with Crippen molar-refractivity contribution in [2.24, 2.45) is 0 Å². The molecule has 0 aliphatic heterocycles. The molecule has 0 fully saturated rings. The van der Waals surface area contributed by atoms with Crippen LogP contribution < -0.4 is 5.32 Å². The molecule has 0 aliphatic rings. The summed E-state index contributed by atoms with van der Waals surface area (Å²) in [7, 11) is 0. The second-order valence-electron chi connectivity index (χ2n) is 6.97. The topological polar surface area (TPSA) is 58.0 Å². The zero-order chi connectivity index (χ0) is 20.6. The molecule has 148 valence electrons. The van der Waals surface area contributed by atoms with Crippen LogP contribution in [0.4, 0.5) is 5.82 Å². The summed E-state index contributed by atoms with van der Waals surface area (Å²) >= 11 is 0. The van der Waals surface area contributed by atoms with Crippen LogP contribution in [0, 0.1) is 0 Å². The fourth-order valence-corrected chi connectivity index (χ4v) is 3.16. The van der Waals surface area contributed by atoms with Gasteiger partial charge in [-0.25, -0.2) is 9.97 Å². The van der Waals surface area contributed by atoms with Crippen LogP contribution in [0.1, 0.15) is 26.7 Å². The molecule has 0 saturated carbocycles. The van der Waals surface area contributed by atoms with E-state index < -0.39 is 0 Å². The molecule has 0 aliphatic carbocycles. The average molecular weight is 386 g/mol. The second kappa shape index (κ2) is 9.80. The molecule has 0 unspecified atom stereocenters. The fraction of sp³-hybridized carbons (Fsp3) is 0.200. The van der Waals surface area contributed by atoms with Gasteiger partial charge in [-0.2, -0.15) is 0 Å². The van der Waals surface area contributed by atoms with Crippen molar-refractivity contribution in [3.05, 3.63) is 90.2 Å². The van der Waals surface area contributed by atoms with Gasteiger partial charge in [0, 0.05) is 23.3 Å². The summed E-state index contributed by atoms with van der Waals surface area (Å²) in [6.07, 6.45) is 5.47. The van der Waals surface area contributed by atoms with E-state index in [-0.39, 0.29) is 6.61 Å². The highest BCUT2D eigenvalue weighted by atomic mass is 16.2. The van der Waals surface area contributed by atoms with E-state index in [4.69, 9.17) is 9.97 Å². The third-order valence-electron chi connectivity index (χ3n) is 4.76. The van der Waals surface area contributed by atoms with Crippen molar-refractivity contribution in [3.8, 4) is 11.4 Å². The van der Waals surface area contributed by atoms with Crippen molar-refractivity contribution >= 4 is 16.7 Å². The van der Waals surface area contributed by atoms with Gasteiger partial charge in [0.05, 0.1) is 5.52 Å². The lowest BCUT2D eigenvalue weighted by Gasteiger charge is -2.13. The first-order chi connectivity index (χ1) is 14.1. The van der Waals surface area contributed by atoms with Gasteiger partial charge in [-0.15, -0.1) is 0 Å². The Labute approximate surface area is 172 Å². The lowest BCUT2D eigenvalue weighted by Crippen LogP contribution is -2.03. The Bertz CT molecular complexity index is 1050. The SMILES string of the molecule is C=C/C(C)=C(\C=C(/C)Nc1nc(-c2ccccc2)nc2ccccc12)CCCO. The molecule has 0 bridgehead atoms. The van der Waals surface area contributed by atoms with Crippen molar-refractivity contribution in [3.63, 3.8) is 0 Å². The van der Waals surface area contributed by atoms with Crippen LogP contribution in [-0.4, -0.2) is 21.7 Å². The van der Waals surface area contributed by atoms with Crippen LogP contribution in [0.2, 0.25) is 0 Å². The smallest absolute Gasteiger partial charge is 0.162 e. The first-order valence-corrected chi connectivity index (χ1v) is 9.83. The van der Waals surface area contributed by atoms with Crippen molar-refractivity contribution in [1.82, 2.24) is 9.97 Å². The zero-order valence-electron chi connectivity index (χ0n) is 17.0. The number of allylic oxidation sites excluding steroid dienone is 5. The third kappa shape index (κ3) is 5.18. The van der Waals surface area contributed by atoms with E-state index in [0.717, 1.165) is 52.0 Å². The maximum atomic E-state index is 9.19. The molecule has 2 aromatic carbocycles. The van der Waals surface area contributed by atoms with Crippen LogP contribution in [0.15, 0.2) is 90.2 Å². The molecule has 0 spiro atoms. The molecule has 4 heteroatoms. The number of nitrogens with one attached hydrogen (secondary N) is 1. The van der Waals surface area contributed by atoms with Gasteiger partial charge in [-0.3, -0.25) is 0 Å². The lowest BCUT2D eigenvalue weighted by molar-refractivity contribution is 0.289. The Morgan fingerprint density at radius 1 is 1.03 bits per heavy atom. The summed E-state index contributed by atoms with van der Waals surface area (Å²) in [5, 5.41) is 13.6. The molecule has 0 atom stereocenters. The molecule has 1 heterocycles. The van der Waals surface area contributed by atoms with Gasteiger partial charge >= 0.3 is 0 Å². The number of hydrogen-bond acceptors (Lipinski definition) is 4. The summed E-state index contributed by atoms with van der Waals surface area (Å²) in [5.74, 6) is 1.47. The van der Waals surface area contributed by atoms with Gasteiger partial charge in [-0.1, -0.05) is 55.1 Å². The van der Waals surface area contributed by atoms with Crippen LogP contribution >= 0.6 is 0 Å². The molecule has 0 amide bonds. The number of anilines is 1. The van der Waals surface area contributed by atoms with E-state index in [1.54, 1.807) is 0 Å². The van der Waals surface area contributed by atoms with Crippen molar-refractivity contribution in [2.75, 3.05) is 11.9 Å². The third-order valence-corrected chi connectivity index (χ3v) is 4.76. The normalized spacial score (nSPS) is 12.6. The van der Waals surface area contributed by atoms with Crippen molar-refractivity contribution in [1.29, 1.82) is 0 Å². The average Bonchev–Trinajstić information content (AvgIpc) is 2.76. The molecular weight excluding hydrogens is 358 g/mol. The summed E-state index contributed by atoms with van der Waals surface area (Å²) in [5.41, 5.74) is 5.11. The lowest BCUT2D eigenvalue weighted by atomic mass is 10.0. The van der Waals surface area contributed by atoms with Crippen LogP contribution in [0.25, 0.3) is 22.3 Å². The monoisotopic (exact) mass is 385 g/mol. The minimum absolute atomic E-state index is 0.172. The number of fused-ring (bicyclic) bond motifs is 1. The molecule has 4 nitrogen and oxygen atoms in total. The van der Waals surface area contributed by atoms with E-state index >= 15 is 0 Å². The molecule has 2 N–H and O–H groups in total.